The highest BCUT2D eigenvalue weighted by Crippen LogP contribution is 2.26. The maximum atomic E-state index is 12.1. The van der Waals surface area contributed by atoms with Gasteiger partial charge in [-0.15, -0.1) is 0 Å². The topological polar surface area (TPSA) is 76.4 Å². The van der Waals surface area contributed by atoms with Gasteiger partial charge in [0.05, 0.1) is 12.8 Å². The average Bonchev–Trinajstić information content (AvgIpc) is 2.71. The highest BCUT2D eigenvalue weighted by Gasteiger charge is 2.03. The molecule has 2 aromatic rings. The molecule has 0 aromatic heterocycles. The van der Waals surface area contributed by atoms with E-state index in [0.29, 0.717) is 6.54 Å². The van der Waals surface area contributed by atoms with Gasteiger partial charge in [-0.3, -0.25) is 4.79 Å². The molecule has 0 bridgehead atoms. The number of hydrogen-bond acceptors (Lipinski definition) is 4. The fourth-order valence-corrected chi connectivity index (χ4v) is 2.81. The molecule has 0 spiro atoms. The molecule has 0 atom stereocenters. The maximum Gasteiger partial charge on any atom is 0.244 e. The molecule has 28 heavy (non-hydrogen) atoms. The molecule has 5 nitrogen and oxygen atoms in total. The number of amides is 1. The molecule has 0 fully saturated rings. The van der Waals surface area contributed by atoms with Gasteiger partial charge in [0, 0.05) is 24.9 Å². The third kappa shape index (κ3) is 7.35. The largest absolute Gasteiger partial charge is 0.495 e. The van der Waals surface area contributed by atoms with Crippen molar-refractivity contribution < 1.29 is 9.53 Å². The van der Waals surface area contributed by atoms with Gasteiger partial charge in [-0.05, 0) is 54.3 Å². The van der Waals surface area contributed by atoms with Crippen LogP contribution >= 0.6 is 0 Å². The van der Waals surface area contributed by atoms with E-state index < -0.39 is 0 Å². The summed E-state index contributed by atoms with van der Waals surface area (Å²) < 4.78 is 5.41. The lowest BCUT2D eigenvalue weighted by Gasteiger charge is -2.12. The van der Waals surface area contributed by atoms with Crippen LogP contribution in [-0.2, 0) is 11.2 Å². The second-order valence-corrected chi connectivity index (χ2v) is 6.71. The molecule has 5 heteroatoms. The van der Waals surface area contributed by atoms with Crippen LogP contribution < -0.4 is 21.1 Å². The van der Waals surface area contributed by atoms with Crippen molar-refractivity contribution in [3.8, 4) is 5.75 Å². The Morgan fingerprint density at radius 1 is 1.11 bits per heavy atom. The first-order valence-electron chi connectivity index (χ1n) is 9.84. The van der Waals surface area contributed by atoms with E-state index in [0.717, 1.165) is 47.6 Å². The molecule has 0 aliphatic rings. The minimum absolute atomic E-state index is 0.108. The van der Waals surface area contributed by atoms with Gasteiger partial charge < -0.3 is 21.1 Å². The number of anilines is 2. The normalized spacial score (nSPS) is 10.8. The van der Waals surface area contributed by atoms with Crippen LogP contribution in [0.1, 0.15) is 37.3 Å². The summed E-state index contributed by atoms with van der Waals surface area (Å²) in [6.45, 7) is 3.68. The number of nitrogen functional groups attached to an aromatic ring is 1. The number of nitrogens with two attached hydrogens (primary N) is 1. The summed E-state index contributed by atoms with van der Waals surface area (Å²) in [6, 6.07) is 13.6. The first kappa shape index (κ1) is 21.4. The number of benzene rings is 2. The van der Waals surface area contributed by atoms with Crippen LogP contribution in [0.25, 0.3) is 6.08 Å². The van der Waals surface area contributed by atoms with Crippen molar-refractivity contribution in [3.63, 3.8) is 0 Å². The van der Waals surface area contributed by atoms with E-state index in [1.165, 1.54) is 12.8 Å². The molecule has 0 saturated carbocycles. The monoisotopic (exact) mass is 381 g/mol. The van der Waals surface area contributed by atoms with E-state index in [9.17, 15) is 4.79 Å². The summed E-state index contributed by atoms with van der Waals surface area (Å²) in [5.74, 6) is 0.699. The average molecular weight is 382 g/mol. The molecule has 0 aliphatic heterocycles. The molecule has 0 heterocycles. The molecule has 4 N–H and O–H groups in total. The zero-order valence-corrected chi connectivity index (χ0v) is 16.8. The van der Waals surface area contributed by atoms with Crippen LogP contribution in [0, 0.1) is 0 Å². The van der Waals surface area contributed by atoms with Crippen molar-refractivity contribution in [2.24, 2.45) is 0 Å². The molecule has 1 amide bonds. The molecule has 0 aliphatic carbocycles. The minimum atomic E-state index is -0.108. The van der Waals surface area contributed by atoms with E-state index in [2.05, 4.69) is 17.6 Å². The van der Waals surface area contributed by atoms with E-state index in [4.69, 9.17) is 10.5 Å². The van der Waals surface area contributed by atoms with E-state index in [-0.39, 0.29) is 5.91 Å². The minimum Gasteiger partial charge on any atom is -0.495 e. The number of carbonyl (C=O) groups is 1. The fourth-order valence-electron chi connectivity index (χ4n) is 2.81. The van der Waals surface area contributed by atoms with Crippen molar-refractivity contribution >= 4 is 23.4 Å². The Morgan fingerprint density at radius 2 is 1.89 bits per heavy atom. The smallest absolute Gasteiger partial charge is 0.244 e. The van der Waals surface area contributed by atoms with Gasteiger partial charge in [0.2, 0.25) is 5.91 Å². The Bertz CT molecular complexity index is 770. The van der Waals surface area contributed by atoms with Gasteiger partial charge >= 0.3 is 0 Å². The van der Waals surface area contributed by atoms with Crippen molar-refractivity contribution in [2.45, 2.75) is 32.6 Å². The van der Waals surface area contributed by atoms with E-state index >= 15 is 0 Å². The van der Waals surface area contributed by atoms with Gasteiger partial charge in [0.1, 0.15) is 5.75 Å². The number of rotatable bonds is 11. The molecule has 0 saturated heterocycles. The first-order valence-corrected chi connectivity index (χ1v) is 9.84. The molecule has 2 rings (SSSR count). The van der Waals surface area contributed by atoms with E-state index in [1.807, 2.05) is 48.5 Å². The zero-order valence-electron chi connectivity index (χ0n) is 16.8. The second-order valence-electron chi connectivity index (χ2n) is 6.71. The van der Waals surface area contributed by atoms with Crippen LogP contribution in [-0.4, -0.2) is 26.1 Å². The SMILES string of the molecule is CCCCCNc1cc(C=CC(=O)NCCc2ccc(N)cc2)ccc1OC. The Hall–Kier alpha value is -2.95. The molecule has 0 unspecified atom stereocenters. The van der Waals surface area contributed by atoms with Crippen LogP contribution in [0.5, 0.6) is 5.75 Å². The number of ether oxygens (including phenoxy) is 1. The molecule has 2 aromatic carbocycles. The van der Waals surface area contributed by atoms with Crippen LogP contribution in [0.15, 0.2) is 48.5 Å². The summed E-state index contributed by atoms with van der Waals surface area (Å²) in [4.78, 5) is 12.1. The summed E-state index contributed by atoms with van der Waals surface area (Å²) in [6.07, 6.45) is 7.66. The van der Waals surface area contributed by atoms with Gasteiger partial charge in [-0.1, -0.05) is 38.0 Å². The van der Waals surface area contributed by atoms with Crippen molar-refractivity contribution in [1.29, 1.82) is 0 Å². The highest BCUT2D eigenvalue weighted by molar-refractivity contribution is 5.91. The lowest BCUT2D eigenvalue weighted by Crippen LogP contribution is -2.23. The van der Waals surface area contributed by atoms with Crippen LogP contribution in [0.4, 0.5) is 11.4 Å². The lowest BCUT2D eigenvalue weighted by atomic mass is 10.1. The number of carbonyl (C=O) groups excluding carboxylic acids is 1. The Balaban J connectivity index is 1.85. The Morgan fingerprint density at radius 3 is 2.61 bits per heavy atom. The Kier molecular flexibility index (Phi) is 8.92. The lowest BCUT2D eigenvalue weighted by molar-refractivity contribution is -0.116. The zero-order chi connectivity index (χ0) is 20.2. The standard InChI is InChI=1S/C23H31N3O2/c1-3-4-5-15-25-21-17-19(8-12-22(21)28-2)9-13-23(27)26-16-14-18-6-10-20(24)11-7-18/h6-13,17,25H,3-5,14-16,24H2,1-2H3,(H,26,27). The van der Waals surface area contributed by atoms with Gasteiger partial charge in [0.15, 0.2) is 0 Å². The number of unbranched alkanes of at least 4 members (excludes halogenated alkanes) is 2. The predicted molar refractivity (Wildman–Crippen MR) is 118 cm³/mol. The quantitative estimate of drug-likeness (QED) is 0.309. The molecular weight excluding hydrogens is 350 g/mol. The second kappa shape index (κ2) is 11.7. The van der Waals surface area contributed by atoms with Crippen LogP contribution in [0.3, 0.4) is 0 Å². The van der Waals surface area contributed by atoms with Crippen LogP contribution in [0.2, 0.25) is 0 Å². The maximum absolute atomic E-state index is 12.1. The predicted octanol–water partition coefficient (Wildman–Crippen LogP) is 4.25. The molecular formula is C23H31N3O2. The Labute approximate surface area is 168 Å². The number of methoxy groups -OCH3 is 1. The summed E-state index contributed by atoms with van der Waals surface area (Å²) in [7, 11) is 1.66. The van der Waals surface area contributed by atoms with Gasteiger partial charge in [0.25, 0.3) is 0 Å². The summed E-state index contributed by atoms with van der Waals surface area (Å²) in [5, 5.41) is 6.32. The third-order valence-corrected chi connectivity index (χ3v) is 4.44. The number of hydrogen-bond donors (Lipinski definition) is 3. The molecule has 0 radical (unpaired) electrons. The first-order chi connectivity index (χ1) is 13.6. The third-order valence-electron chi connectivity index (χ3n) is 4.44. The summed E-state index contributed by atoms with van der Waals surface area (Å²) >= 11 is 0. The van der Waals surface area contributed by atoms with Gasteiger partial charge in [-0.2, -0.15) is 0 Å². The van der Waals surface area contributed by atoms with E-state index in [1.54, 1.807) is 13.2 Å². The van der Waals surface area contributed by atoms with Crippen molar-refractivity contribution in [2.75, 3.05) is 31.2 Å². The summed E-state index contributed by atoms with van der Waals surface area (Å²) in [5.41, 5.74) is 9.47. The highest BCUT2D eigenvalue weighted by atomic mass is 16.5. The fraction of sp³-hybridized carbons (Fsp3) is 0.348. The number of nitrogens with one attached hydrogen (secondary N) is 2. The molecule has 150 valence electrons. The van der Waals surface area contributed by atoms with Crippen molar-refractivity contribution in [1.82, 2.24) is 5.32 Å². The van der Waals surface area contributed by atoms with Crippen molar-refractivity contribution in [3.05, 3.63) is 59.7 Å². The van der Waals surface area contributed by atoms with Gasteiger partial charge in [-0.25, -0.2) is 0 Å².